The van der Waals surface area contributed by atoms with Crippen molar-refractivity contribution in [1.82, 2.24) is 19.4 Å². The van der Waals surface area contributed by atoms with Crippen LogP contribution in [0, 0.1) is 0 Å². The van der Waals surface area contributed by atoms with Crippen molar-refractivity contribution in [1.29, 1.82) is 0 Å². The van der Waals surface area contributed by atoms with Crippen molar-refractivity contribution in [3.63, 3.8) is 0 Å². The van der Waals surface area contributed by atoms with Gasteiger partial charge in [-0.3, -0.25) is 4.57 Å². The van der Waals surface area contributed by atoms with E-state index in [1.54, 1.807) is 16.8 Å². The minimum Gasteiger partial charge on any atom is -0.320 e. The van der Waals surface area contributed by atoms with Crippen molar-refractivity contribution >= 4 is 11.7 Å². The number of piperidine rings is 1. The third-order valence-corrected chi connectivity index (χ3v) is 5.23. The number of nitrogens with one attached hydrogen (secondary N) is 1. The topological polar surface area (TPSA) is 70.5 Å². The first-order valence-electron chi connectivity index (χ1n) is 9.09. The zero-order valence-electron chi connectivity index (χ0n) is 14.7. The molecule has 3 aliphatic rings. The van der Waals surface area contributed by atoms with Crippen LogP contribution in [0.4, 0.5) is 10.5 Å². The van der Waals surface area contributed by atoms with Gasteiger partial charge in [-0.25, -0.2) is 14.6 Å². The molecule has 0 atom stereocenters. The van der Waals surface area contributed by atoms with E-state index < -0.39 is 0 Å². The van der Waals surface area contributed by atoms with E-state index in [1.807, 2.05) is 29.2 Å². The predicted molar refractivity (Wildman–Crippen MR) is 99.2 cm³/mol. The van der Waals surface area contributed by atoms with E-state index in [0.717, 1.165) is 50.3 Å². The third kappa shape index (κ3) is 3.62. The van der Waals surface area contributed by atoms with Crippen LogP contribution in [-0.4, -0.2) is 57.6 Å². The summed E-state index contributed by atoms with van der Waals surface area (Å²) in [5.74, 6) is 0. The van der Waals surface area contributed by atoms with E-state index in [4.69, 9.17) is 0 Å². The maximum atomic E-state index is 12.8. The first-order valence-corrected chi connectivity index (χ1v) is 9.09. The number of aromatic nitrogens is 2. The van der Waals surface area contributed by atoms with Crippen molar-refractivity contribution in [3.05, 3.63) is 58.8 Å². The van der Waals surface area contributed by atoms with Gasteiger partial charge in [0.1, 0.15) is 0 Å². The van der Waals surface area contributed by atoms with Gasteiger partial charge in [0.15, 0.2) is 0 Å². The molecule has 4 heterocycles. The molecular formula is C19H23N5O2. The summed E-state index contributed by atoms with van der Waals surface area (Å²) < 4.78 is 1.54. The lowest BCUT2D eigenvalue weighted by molar-refractivity contribution is 0.182. The number of hydrogen-bond donors (Lipinski definition) is 1. The van der Waals surface area contributed by atoms with Crippen LogP contribution in [-0.2, 0) is 6.54 Å². The average molecular weight is 353 g/mol. The van der Waals surface area contributed by atoms with Crippen LogP contribution < -0.4 is 11.0 Å². The number of carbonyl (C=O) groups excluding carboxylic acids is 1. The smallest absolute Gasteiger partial charge is 0.320 e. The molecule has 2 aromatic rings. The Kier molecular flexibility index (Phi) is 4.71. The van der Waals surface area contributed by atoms with E-state index in [9.17, 15) is 9.59 Å². The highest BCUT2D eigenvalue weighted by Gasteiger charge is 2.31. The molecule has 26 heavy (non-hydrogen) atoms. The molecule has 0 aliphatic carbocycles. The maximum Gasteiger partial charge on any atom is 0.347 e. The zero-order chi connectivity index (χ0) is 17.9. The van der Waals surface area contributed by atoms with Gasteiger partial charge in [-0.15, -0.1) is 0 Å². The highest BCUT2D eigenvalue weighted by Crippen LogP contribution is 2.22. The number of carbonyl (C=O) groups is 1. The molecule has 3 fully saturated rings. The van der Waals surface area contributed by atoms with Gasteiger partial charge in [0.05, 0.1) is 6.54 Å². The summed E-state index contributed by atoms with van der Waals surface area (Å²) in [5, 5.41) is 3.03. The largest absolute Gasteiger partial charge is 0.347 e. The van der Waals surface area contributed by atoms with Crippen LogP contribution in [0.3, 0.4) is 0 Å². The summed E-state index contributed by atoms with van der Waals surface area (Å²) in [5.41, 5.74) is 1.42. The molecular weight excluding hydrogens is 330 g/mol. The van der Waals surface area contributed by atoms with E-state index in [1.165, 1.54) is 6.20 Å². The SMILES string of the molecule is O=C(Nc1cccc(Cn2cccnc2=O)c1)N1CCN2CCC1CC2. The van der Waals surface area contributed by atoms with Gasteiger partial charge in [0.2, 0.25) is 0 Å². The lowest BCUT2D eigenvalue weighted by Gasteiger charge is -2.31. The fourth-order valence-corrected chi connectivity index (χ4v) is 3.80. The lowest BCUT2D eigenvalue weighted by atomic mass is 10.1. The number of amides is 2. The van der Waals surface area contributed by atoms with E-state index in [2.05, 4.69) is 15.2 Å². The first kappa shape index (κ1) is 16.8. The van der Waals surface area contributed by atoms with Crippen LogP contribution in [0.1, 0.15) is 18.4 Å². The number of hydrogen-bond acceptors (Lipinski definition) is 4. The molecule has 1 aromatic carbocycles. The first-order chi connectivity index (χ1) is 12.7. The Morgan fingerprint density at radius 3 is 2.81 bits per heavy atom. The molecule has 2 bridgehead atoms. The van der Waals surface area contributed by atoms with Gasteiger partial charge >= 0.3 is 11.7 Å². The van der Waals surface area contributed by atoms with Crippen LogP contribution in [0.5, 0.6) is 0 Å². The van der Waals surface area contributed by atoms with Crippen LogP contribution >= 0.6 is 0 Å². The summed E-state index contributed by atoms with van der Waals surface area (Å²) in [6.07, 6.45) is 5.30. The van der Waals surface area contributed by atoms with E-state index >= 15 is 0 Å². The monoisotopic (exact) mass is 353 g/mol. The predicted octanol–water partition coefficient (Wildman–Crippen LogP) is 1.60. The summed E-state index contributed by atoms with van der Waals surface area (Å²) in [6.45, 7) is 4.33. The number of fused-ring (bicyclic) bond motifs is 4. The molecule has 0 saturated carbocycles. The van der Waals surface area contributed by atoms with Crippen LogP contribution in [0.15, 0.2) is 47.5 Å². The zero-order valence-corrected chi connectivity index (χ0v) is 14.7. The van der Waals surface area contributed by atoms with E-state index in [-0.39, 0.29) is 11.7 Å². The second-order valence-electron chi connectivity index (χ2n) is 6.93. The Balaban J connectivity index is 1.46. The second kappa shape index (κ2) is 7.29. The summed E-state index contributed by atoms with van der Waals surface area (Å²) >= 11 is 0. The number of rotatable bonds is 3. The Morgan fingerprint density at radius 1 is 1.15 bits per heavy atom. The third-order valence-electron chi connectivity index (χ3n) is 5.23. The minimum atomic E-state index is -0.280. The molecule has 0 unspecified atom stereocenters. The number of anilines is 1. The molecule has 5 rings (SSSR count). The molecule has 7 heteroatoms. The van der Waals surface area contributed by atoms with Gasteiger partial charge < -0.3 is 15.1 Å². The highest BCUT2D eigenvalue weighted by molar-refractivity contribution is 5.89. The Morgan fingerprint density at radius 2 is 2.00 bits per heavy atom. The molecule has 0 radical (unpaired) electrons. The number of benzene rings is 1. The van der Waals surface area contributed by atoms with Gasteiger partial charge in [0, 0.05) is 50.3 Å². The van der Waals surface area contributed by atoms with Crippen molar-refractivity contribution in [2.45, 2.75) is 25.4 Å². The Bertz CT molecular complexity index is 842. The maximum absolute atomic E-state index is 12.8. The Hall–Kier alpha value is -2.67. The molecule has 1 aromatic heterocycles. The van der Waals surface area contributed by atoms with Crippen LogP contribution in [0.25, 0.3) is 0 Å². The van der Waals surface area contributed by atoms with Crippen molar-refractivity contribution < 1.29 is 4.79 Å². The molecule has 3 aliphatic heterocycles. The fourth-order valence-electron chi connectivity index (χ4n) is 3.80. The number of nitrogens with zero attached hydrogens (tertiary/aromatic N) is 4. The van der Waals surface area contributed by atoms with Crippen molar-refractivity contribution in [2.24, 2.45) is 0 Å². The normalized spacial score (nSPS) is 22.1. The lowest BCUT2D eigenvalue weighted by Crippen LogP contribution is -2.43. The summed E-state index contributed by atoms with van der Waals surface area (Å²) in [4.78, 5) is 32.7. The molecule has 1 N–H and O–H groups in total. The van der Waals surface area contributed by atoms with Crippen molar-refractivity contribution in [2.75, 3.05) is 31.5 Å². The van der Waals surface area contributed by atoms with Gasteiger partial charge in [0.25, 0.3) is 0 Å². The van der Waals surface area contributed by atoms with Crippen LogP contribution in [0.2, 0.25) is 0 Å². The standard InChI is InChI=1S/C19H23N5O2/c25-18-20-7-2-8-23(18)14-15-3-1-4-16(13-15)21-19(26)24-12-11-22-9-5-17(24)6-10-22/h1-4,7-8,13,17H,5-6,9-12,14H2,(H,21,26). The second-order valence-corrected chi connectivity index (χ2v) is 6.93. The summed E-state index contributed by atoms with van der Waals surface area (Å²) in [7, 11) is 0. The number of urea groups is 1. The van der Waals surface area contributed by atoms with Gasteiger partial charge in [-0.05, 0) is 36.6 Å². The molecule has 0 spiro atoms. The minimum absolute atomic E-state index is 0.0329. The average Bonchev–Trinajstić information content (AvgIpc) is 2.98. The molecule has 136 valence electrons. The van der Waals surface area contributed by atoms with Crippen molar-refractivity contribution in [3.8, 4) is 0 Å². The highest BCUT2D eigenvalue weighted by atomic mass is 16.2. The Labute approximate surface area is 152 Å². The fraction of sp³-hybridized carbons (Fsp3) is 0.421. The molecule has 3 saturated heterocycles. The van der Waals surface area contributed by atoms with Gasteiger partial charge in [-0.1, -0.05) is 12.1 Å². The summed E-state index contributed by atoms with van der Waals surface area (Å²) in [6, 6.07) is 9.67. The molecule has 2 amide bonds. The quantitative estimate of drug-likeness (QED) is 0.910. The molecule has 7 nitrogen and oxygen atoms in total. The van der Waals surface area contributed by atoms with Gasteiger partial charge in [-0.2, -0.15) is 0 Å². The van der Waals surface area contributed by atoms with E-state index in [0.29, 0.717) is 12.6 Å².